The molecule has 0 radical (unpaired) electrons. The first kappa shape index (κ1) is 19.7. The molecule has 0 unspecified atom stereocenters. The Morgan fingerprint density at radius 1 is 0.962 bits per heavy atom. The van der Waals surface area contributed by atoms with Crippen LogP contribution in [0.15, 0.2) is 42.5 Å². The minimum Gasteiger partial charge on any atom is -0.486 e. The molecule has 0 bridgehead atoms. The third kappa shape index (κ3) is 4.92. The predicted molar refractivity (Wildman–Crippen MR) is 89.3 cm³/mol. The summed E-state index contributed by atoms with van der Waals surface area (Å²) >= 11 is 0. The molecule has 26 heavy (non-hydrogen) atoms. The van der Waals surface area contributed by atoms with Gasteiger partial charge in [-0.3, -0.25) is 4.79 Å². The summed E-state index contributed by atoms with van der Waals surface area (Å²) in [6, 6.07) is 3.61. The number of ketones is 1. The molecule has 2 aromatic rings. The highest BCUT2D eigenvalue weighted by atomic mass is 19.1. The summed E-state index contributed by atoms with van der Waals surface area (Å²) < 4.78 is 60.0. The van der Waals surface area contributed by atoms with E-state index in [1.807, 2.05) is 19.0 Å². The SMILES string of the molecule is CN(C)CC=CCOc1cc(F)c(C(=O)c2ccc(F)cc2F)cc1F. The second-order valence-electron chi connectivity index (χ2n) is 5.76. The number of nitrogens with zero attached hydrogens (tertiary/aromatic N) is 1. The van der Waals surface area contributed by atoms with Crippen LogP contribution in [0.25, 0.3) is 0 Å². The van der Waals surface area contributed by atoms with Crippen molar-refractivity contribution in [2.75, 3.05) is 27.2 Å². The summed E-state index contributed by atoms with van der Waals surface area (Å²) in [5, 5.41) is 0. The highest BCUT2D eigenvalue weighted by molar-refractivity contribution is 6.09. The summed E-state index contributed by atoms with van der Waals surface area (Å²) in [6.07, 6.45) is 3.44. The molecule has 0 atom stereocenters. The van der Waals surface area contributed by atoms with Crippen molar-refractivity contribution in [3.8, 4) is 5.75 Å². The summed E-state index contributed by atoms with van der Waals surface area (Å²) in [7, 11) is 3.75. The molecule has 138 valence electrons. The second-order valence-corrected chi connectivity index (χ2v) is 5.76. The van der Waals surface area contributed by atoms with Crippen LogP contribution in [0.1, 0.15) is 15.9 Å². The van der Waals surface area contributed by atoms with Crippen LogP contribution in [0.4, 0.5) is 17.6 Å². The number of hydrogen-bond acceptors (Lipinski definition) is 3. The third-order valence-corrected chi connectivity index (χ3v) is 3.41. The highest BCUT2D eigenvalue weighted by Gasteiger charge is 2.21. The van der Waals surface area contributed by atoms with E-state index in [9.17, 15) is 22.4 Å². The number of carbonyl (C=O) groups is 1. The molecule has 0 aliphatic heterocycles. The first-order valence-electron chi connectivity index (χ1n) is 7.71. The Morgan fingerprint density at radius 3 is 2.31 bits per heavy atom. The van der Waals surface area contributed by atoms with Gasteiger partial charge in [-0.05, 0) is 32.3 Å². The van der Waals surface area contributed by atoms with Crippen molar-refractivity contribution in [2.24, 2.45) is 0 Å². The Balaban J connectivity index is 2.18. The average Bonchev–Trinajstić information content (AvgIpc) is 2.56. The third-order valence-electron chi connectivity index (χ3n) is 3.41. The molecule has 0 aliphatic carbocycles. The van der Waals surface area contributed by atoms with Gasteiger partial charge in [0.2, 0.25) is 0 Å². The Labute approximate surface area is 148 Å². The van der Waals surface area contributed by atoms with Crippen LogP contribution in [0.3, 0.4) is 0 Å². The van der Waals surface area contributed by atoms with E-state index in [4.69, 9.17) is 4.74 Å². The van der Waals surface area contributed by atoms with Gasteiger partial charge in [-0.25, -0.2) is 17.6 Å². The van der Waals surface area contributed by atoms with Crippen molar-refractivity contribution < 1.29 is 27.1 Å². The molecule has 0 aromatic heterocycles. The average molecular weight is 367 g/mol. The number of ether oxygens (including phenoxy) is 1. The molecule has 0 aliphatic rings. The van der Waals surface area contributed by atoms with Crippen LogP contribution in [0.5, 0.6) is 5.75 Å². The second kappa shape index (κ2) is 8.62. The zero-order valence-electron chi connectivity index (χ0n) is 14.2. The van der Waals surface area contributed by atoms with Crippen molar-refractivity contribution in [1.29, 1.82) is 0 Å². The number of likely N-dealkylation sites (N-methyl/N-ethyl adjacent to an activating group) is 1. The minimum atomic E-state index is -1.15. The Bertz CT molecular complexity index is 835. The number of rotatable bonds is 7. The molecule has 0 fully saturated rings. The van der Waals surface area contributed by atoms with E-state index in [0.29, 0.717) is 18.7 Å². The maximum atomic E-state index is 14.2. The molecular formula is C19H17F4NO2. The van der Waals surface area contributed by atoms with Gasteiger partial charge < -0.3 is 9.64 Å². The van der Waals surface area contributed by atoms with E-state index in [0.717, 1.165) is 18.2 Å². The van der Waals surface area contributed by atoms with Crippen LogP contribution in [0.2, 0.25) is 0 Å². The molecule has 2 aromatic carbocycles. The van der Waals surface area contributed by atoms with Crippen molar-refractivity contribution in [3.63, 3.8) is 0 Å². The van der Waals surface area contributed by atoms with Gasteiger partial charge in [-0.15, -0.1) is 0 Å². The van der Waals surface area contributed by atoms with E-state index in [1.54, 1.807) is 12.2 Å². The first-order valence-corrected chi connectivity index (χ1v) is 7.71. The fourth-order valence-corrected chi connectivity index (χ4v) is 2.12. The zero-order valence-corrected chi connectivity index (χ0v) is 14.2. The van der Waals surface area contributed by atoms with Crippen molar-refractivity contribution in [2.45, 2.75) is 0 Å². The molecule has 2 rings (SSSR count). The standard InChI is InChI=1S/C19H17F4NO2/c1-24(2)7-3-4-8-26-18-11-16(22)14(10-17(18)23)19(25)13-6-5-12(20)9-15(13)21/h3-6,9-11H,7-8H2,1-2H3. The van der Waals surface area contributed by atoms with Crippen molar-refractivity contribution >= 4 is 5.78 Å². The van der Waals surface area contributed by atoms with E-state index >= 15 is 0 Å². The van der Waals surface area contributed by atoms with Gasteiger partial charge in [0.15, 0.2) is 17.3 Å². The fraction of sp³-hybridized carbons (Fsp3) is 0.211. The molecule has 0 amide bonds. The van der Waals surface area contributed by atoms with Crippen LogP contribution in [0, 0.1) is 23.3 Å². The maximum Gasteiger partial charge on any atom is 0.199 e. The number of hydrogen-bond donors (Lipinski definition) is 0. The quantitative estimate of drug-likeness (QED) is 0.421. The summed E-state index contributed by atoms with van der Waals surface area (Å²) in [5.41, 5.74) is -1.21. The molecule has 0 saturated carbocycles. The van der Waals surface area contributed by atoms with Crippen molar-refractivity contribution in [1.82, 2.24) is 4.90 Å². The zero-order chi connectivity index (χ0) is 19.3. The summed E-state index contributed by atoms with van der Waals surface area (Å²) in [5.74, 6) is -5.51. The topological polar surface area (TPSA) is 29.5 Å². The van der Waals surface area contributed by atoms with Gasteiger partial charge in [-0.2, -0.15) is 0 Å². The molecule has 7 heteroatoms. The minimum absolute atomic E-state index is 0.0179. The lowest BCUT2D eigenvalue weighted by Gasteiger charge is -2.09. The van der Waals surface area contributed by atoms with Crippen LogP contribution in [-0.2, 0) is 0 Å². The number of benzene rings is 2. The molecule has 0 heterocycles. The normalized spacial score (nSPS) is 11.3. The molecule has 0 spiro atoms. The first-order chi connectivity index (χ1) is 12.3. The molecule has 0 N–H and O–H groups in total. The lowest BCUT2D eigenvalue weighted by atomic mass is 10.0. The maximum absolute atomic E-state index is 14.2. The lowest BCUT2D eigenvalue weighted by molar-refractivity contribution is 0.103. The van der Waals surface area contributed by atoms with E-state index in [1.165, 1.54) is 0 Å². The number of halogens is 4. The summed E-state index contributed by atoms with van der Waals surface area (Å²) in [6.45, 7) is 0.682. The monoisotopic (exact) mass is 367 g/mol. The predicted octanol–water partition coefficient (Wildman–Crippen LogP) is 3.97. The van der Waals surface area contributed by atoms with E-state index < -0.39 is 40.2 Å². The van der Waals surface area contributed by atoms with Gasteiger partial charge >= 0.3 is 0 Å². The van der Waals surface area contributed by atoms with E-state index in [-0.39, 0.29) is 12.4 Å². The number of carbonyl (C=O) groups excluding carboxylic acids is 1. The smallest absolute Gasteiger partial charge is 0.199 e. The molecular weight excluding hydrogens is 350 g/mol. The Kier molecular flexibility index (Phi) is 6.52. The van der Waals surface area contributed by atoms with Gasteiger partial charge in [-0.1, -0.05) is 12.2 Å². The lowest BCUT2D eigenvalue weighted by Crippen LogP contribution is -2.11. The largest absolute Gasteiger partial charge is 0.486 e. The molecule has 0 saturated heterocycles. The van der Waals surface area contributed by atoms with Crippen LogP contribution in [-0.4, -0.2) is 37.9 Å². The van der Waals surface area contributed by atoms with Gasteiger partial charge in [0.25, 0.3) is 0 Å². The van der Waals surface area contributed by atoms with Gasteiger partial charge in [0.05, 0.1) is 11.1 Å². The van der Waals surface area contributed by atoms with Gasteiger partial charge in [0.1, 0.15) is 24.1 Å². The Hall–Kier alpha value is -2.67. The molecule has 3 nitrogen and oxygen atoms in total. The fourth-order valence-electron chi connectivity index (χ4n) is 2.12. The van der Waals surface area contributed by atoms with Crippen molar-refractivity contribution in [3.05, 3.63) is 76.9 Å². The van der Waals surface area contributed by atoms with Crippen LogP contribution < -0.4 is 4.74 Å². The Morgan fingerprint density at radius 2 is 1.65 bits per heavy atom. The van der Waals surface area contributed by atoms with E-state index in [2.05, 4.69) is 0 Å². The van der Waals surface area contributed by atoms with Crippen LogP contribution >= 0.6 is 0 Å². The summed E-state index contributed by atoms with van der Waals surface area (Å²) in [4.78, 5) is 14.1. The van der Waals surface area contributed by atoms with Gasteiger partial charge in [0, 0.05) is 18.7 Å². The highest BCUT2D eigenvalue weighted by Crippen LogP contribution is 2.24.